The normalized spacial score (nSPS) is 13.7. The van der Waals surface area contributed by atoms with Gasteiger partial charge in [0.1, 0.15) is 5.75 Å². The molecule has 0 saturated heterocycles. The van der Waals surface area contributed by atoms with E-state index in [9.17, 15) is 4.79 Å². The highest BCUT2D eigenvalue weighted by atomic mass is 79.9. The van der Waals surface area contributed by atoms with Crippen molar-refractivity contribution in [3.63, 3.8) is 0 Å². The lowest BCUT2D eigenvalue weighted by Gasteiger charge is -2.25. The number of carbonyl (C=O) groups is 1. The predicted octanol–water partition coefficient (Wildman–Crippen LogP) is 2.68. The number of halogens is 1. The molecule has 0 atom stereocenters. The van der Waals surface area contributed by atoms with Crippen LogP contribution in [0.5, 0.6) is 5.75 Å². The number of ether oxygens (including phenoxy) is 1. The molecule has 0 spiro atoms. The van der Waals surface area contributed by atoms with Gasteiger partial charge in [-0.1, -0.05) is 15.9 Å². The first kappa shape index (κ1) is 14.3. The third kappa shape index (κ3) is 3.48. The van der Waals surface area contributed by atoms with Gasteiger partial charge in [0.05, 0.1) is 13.2 Å². The molecule has 0 fully saturated rings. The molecule has 1 N–H and O–H groups in total. The fourth-order valence-electron chi connectivity index (χ4n) is 2.28. The van der Waals surface area contributed by atoms with Gasteiger partial charge in [-0.15, -0.1) is 0 Å². The van der Waals surface area contributed by atoms with Crippen LogP contribution in [0.15, 0.2) is 16.6 Å². The molecule has 0 aliphatic carbocycles. The Hall–Kier alpha value is -1.07. The molecule has 1 aliphatic rings. The van der Waals surface area contributed by atoms with Gasteiger partial charge in [0, 0.05) is 29.0 Å². The number of carboxylic acids is 1. The lowest BCUT2D eigenvalue weighted by molar-refractivity contribution is -0.138. The Labute approximate surface area is 121 Å². The second-order valence-electron chi connectivity index (χ2n) is 5.04. The second kappa shape index (κ2) is 5.92. The van der Waals surface area contributed by atoms with E-state index in [2.05, 4.69) is 22.0 Å². The molecule has 0 saturated carbocycles. The third-order valence-corrected chi connectivity index (χ3v) is 3.73. The van der Waals surface area contributed by atoms with Gasteiger partial charge < -0.3 is 9.84 Å². The summed E-state index contributed by atoms with van der Waals surface area (Å²) >= 11 is 3.50. The first-order chi connectivity index (χ1) is 8.97. The number of aliphatic carboxylic acids is 1. The molecule has 5 heteroatoms. The highest BCUT2D eigenvalue weighted by Crippen LogP contribution is 2.33. The van der Waals surface area contributed by atoms with Crippen molar-refractivity contribution in [1.29, 1.82) is 0 Å². The maximum absolute atomic E-state index is 10.9. The lowest BCUT2D eigenvalue weighted by Crippen LogP contribution is -2.35. The second-order valence-corrected chi connectivity index (χ2v) is 5.96. The van der Waals surface area contributed by atoms with Crippen molar-refractivity contribution < 1.29 is 14.6 Å². The summed E-state index contributed by atoms with van der Waals surface area (Å²) in [6.07, 6.45) is 0.919. The summed E-state index contributed by atoms with van der Waals surface area (Å²) in [6, 6.07) is 4.26. The number of hydrogen-bond acceptors (Lipinski definition) is 3. The standard InChI is InChI=1S/C14H18BrNO3/c1-9(2)16(8-13(17)18)7-11-6-12(15)5-10-3-4-19-14(10)11/h5-6,9H,3-4,7-8H2,1-2H3,(H,17,18). The van der Waals surface area contributed by atoms with E-state index in [0.29, 0.717) is 13.2 Å². The van der Waals surface area contributed by atoms with Gasteiger partial charge in [0.2, 0.25) is 0 Å². The third-order valence-electron chi connectivity index (χ3n) is 3.27. The summed E-state index contributed by atoms with van der Waals surface area (Å²) in [5, 5.41) is 8.98. The van der Waals surface area contributed by atoms with Crippen molar-refractivity contribution in [2.24, 2.45) is 0 Å². The molecular weight excluding hydrogens is 310 g/mol. The zero-order valence-corrected chi connectivity index (χ0v) is 12.7. The summed E-state index contributed by atoms with van der Waals surface area (Å²) in [5.74, 6) is 0.125. The van der Waals surface area contributed by atoms with Gasteiger partial charge in [-0.25, -0.2) is 0 Å². The molecule has 0 aromatic heterocycles. The van der Waals surface area contributed by atoms with Crippen molar-refractivity contribution in [2.75, 3.05) is 13.2 Å². The van der Waals surface area contributed by atoms with E-state index in [4.69, 9.17) is 9.84 Å². The predicted molar refractivity (Wildman–Crippen MR) is 76.5 cm³/mol. The highest BCUT2D eigenvalue weighted by molar-refractivity contribution is 9.10. The van der Waals surface area contributed by atoms with Gasteiger partial charge in [-0.05, 0) is 31.5 Å². The van der Waals surface area contributed by atoms with Crippen molar-refractivity contribution >= 4 is 21.9 Å². The number of hydrogen-bond donors (Lipinski definition) is 1. The summed E-state index contributed by atoms with van der Waals surface area (Å²) < 4.78 is 6.69. The van der Waals surface area contributed by atoms with Crippen molar-refractivity contribution in [3.05, 3.63) is 27.7 Å². The molecule has 1 aliphatic heterocycles. The number of fused-ring (bicyclic) bond motifs is 1. The number of carboxylic acid groups (broad SMARTS) is 1. The molecule has 1 heterocycles. The smallest absolute Gasteiger partial charge is 0.317 e. The average Bonchev–Trinajstić information content (AvgIpc) is 2.75. The quantitative estimate of drug-likeness (QED) is 0.903. The van der Waals surface area contributed by atoms with Crippen molar-refractivity contribution in [2.45, 2.75) is 32.9 Å². The Morgan fingerprint density at radius 2 is 2.26 bits per heavy atom. The zero-order chi connectivity index (χ0) is 14.0. The van der Waals surface area contributed by atoms with E-state index < -0.39 is 5.97 Å². The van der Waals surface area contributed by atoms with Crippen LogP contribution in [0.4, 0.5) is 0 Å². The van der Waals surface area contributed by atoms with Gasteiger partial charge in [-0.2, -0.15) is 0 Å². The van der Waals surface area contributed by atoms with E-state index in [1.165, 1.54) is 5.56 Å². The molecule has 104 valence electrons. The molecular formula is C14H18BrNO3. The van der Waals surface area contributed by atoms with Crippen LogP contribution >= 0.6 is 15.9 Å². The maximum Gasteiger partial charge on any atom is 0.317 e. The van der Waals surface area contributed by atoms with Crippen LogP contribution in [0.2, 0.25) is 0 Å². The van der Waals surface area contributed by atoms with Gasteiger partial charge >= 0.3 is 5.97 Å². The van der Waals surface area contributed by atoms with E-state index in [1.54, 1.807) is 0 Å². The molecule has 0 unspecified atom stereocenters. The minimum absolute atomic E-state index is 0.0406. The molecule has 0 radical (unpaired) electrons. The van der Waals surface area contributed by atoms with Crippen molar-refractivity contribution in [1.82, 2.24) is 4.90 Å². The Kier molecular flexibility index (Phi) is 4.47. The number of nitrogens with zero attached hydrogens (tertiary/aromatic N) is 1. The van der Waals surface area contributed by atoms with Gasteiger partial charge in [0.15, 0.2) is 0 Å². The minimum Gasteiger partial charge on any atom is -0.493 e. The fraction of sp³-hybridized carbons (Fsp3) is 0.500. The molecule has 1 aromatic rings. The minimum atomic E-state index is -0.804. The summed E-state index contributed by atoms with van der Waals surface area (Å²) in [7, 11) is 0. The van der Waals surface area contributed by atoms with E-state index >= 15 is 0 Å². The molecule has 19 heavy (non-hydrogen) atoms. The first-order valence-corrected chi connectivity index (χ1v) is 7.16. The Bertz CT molecular complexity index is 488. The van der Waals surface area contributed by atoms with Gasteiger partial charge in [-0.3, -0.25) is 9.69 Å². The monoisotopic (exact) mass is 327 g/mol. The van der Waals surface area contributed by atoms with Crippen LogP contribution in [0.25, 0.3) is 0 Å². The van der Waals surface area contributed by atoms with Crippen LogP contribution in [0, 0.1) is 0 Å². The van der Waals surface area contributed by atoms with Crippen LogP contribution in [0.3, 0.4) is 0 Å². The largest absolute Gasteiger partial charge is 0.493 e. The topological polar surface area (TPSA) is 49.8 Å². The highest BCUT2D eigenvalue weighted by Gasteiger charge is 2.21. The Morgan fingerprint density at radius 1 is 1.53 bits per heavy atom. The summed E-state index contributed by atoms with van der Waals surface area (Å²) in [4.78, 5) is 12.8. The van der Waals surface area contributed by atoms with Crippen LogP contribution in [-0.4, -0.2) is 35.2 Å². The summed E-state index contributed by atoms with van der Waals surface area (Å²) in [5.41, 5.74) is 2.25. The fourth-order valence-corrected chi connectivity index (χ4v) is 2.83. The summed E-state index contributed by atoms with van der Waals surface area (Å²) in [6.45, 7) is 5.34. The molecule has 0 amide bonds. The zero-order valence-electron chi connectivity index (χ0n) is 11.1. The average molecular weight is 328 g/mol. The Morgan fingerprint density at radius 3 is 2.89 bits per heavy atom. The van der Waals surface area contributed by atoms with Crippen LogP contribution in [-0.2, 0) is 17.8 Å². The molecule has 1 aromatic carbocycles. The van der Waals surface area contributed by atoms with Crippen LogP contribution < -0.4 is 4.74 Å². The van der Waals surface area contributed by atoms with Gasteiger partial charge in [0.25, 0.3) is 0 Å². The number of benzene rings is 1. The maximum atomic E-state index is 10.9. The van der Waals surface area contributed by atoms with E-state index in [0.717, 1.165) is 22.2 Å². The molecule has 2 rings (SSSR count). The van der Waals surface area contributed by atoms with E-state index in [-0.39, 0.29) is 12.6 Å². The van der Waals surface area contributed by atoms with E-state index in [1.807, 2.05) is 24.8 Å². The SMILES string of the molecule is CC(C)N(CC(=O)O)Cc1cc(Br)cc2c1OCC2. The van der Waals surface area contributed by atoms with Crippen molar-refractivity contribution in [3.8, 4) is 5.75 Å². The Balaban J connectivity index is 2.24. The molecule has 4 nitrogen and oxygen atoms in total. The number of rotatable bonds is 5. The molecule has 0 bridgehead atoms. The lowest BCUT2D eigenvalue weighted by atomic mass is 10.1. The first-order valence-electron chi connectivity index (χ1n) is 6.37. The van der Waals surface area contributed by atoms with Crippen LogP contribution in [0.1, 0.15) is 25.0 Å².